The zero-order valence-corrected chi connectivity index (χ0v) is 10.9. The van der Waals surface area contributed by atoms with Gasteiger partial charge in [0, 0.05) is 24.7 Å². The van der Waals surface area contributed by atoms with Crippen molar-refractivity contribution in [3.63, 3.8) is 0 Å². The van der Waals surface area contributed by atoms with Gasteiger partial charge in [0.1, 0.15) is 5.82 Å². The van der Waals surface area contributed by atoms with Crippen molar-refractivity contribution in [1.82, 2.24) is 10.6 Å². The van der Waals surface area contributed by atoms with Gasteiger partial charge < -0.3 is 10.6 Å². The Morgan fingerprint density at radius 1 is 1.16 bits per heavy atom. The van der Waals surface area contributed by atoms with Crippen molar-refractivity contribution in [2.45, 2.75) is 20.4 Å². The van der Waals surface area contributed by atoms with Crippen molar-refractivity contribution >= 4 is 5.91 Å². The molecule has 3 nitrogen and oxygen atoms in total. The summed E-state index contributed by atoms with van der Waals surface area (Å²) in [7, 11) is 0. The molecule has 0 aliphatic heterocycles. The summed E-state index contributed by atoms with van der Waals surface area (Å²) in [5.41, 5.74) is -0.0180. The molecule has 0 aliphatic carbocycles. The maximum Gasteiger partial charge on any atom is 0.233 e. The highest BCUT2D eigenvalue weighted by atomic mass is 19.2. The van der Waals surface area contributed by atoms with Crippen molar-refractivity contribution < 1.29 is 18.0 Å². The van der Waals surface area contributed by atoms with E-state index in [1.807, 2.05) is 13.8 Å². The minimum absolute atomic E-state index is 0.00877. The van der Waals surface area contributed by atoms with Gasteiger partial charge in [-0.05, 0) is 12.0 Å². The van der Waals surface area contributed by atoms with E-state index in [4.69, 9.17) is 0 Å². The summed E-state index contributed by atoms with van der Waals surface area (Å²) in [6.07, 6.45) is 0. The molecular formula is C13H17F3N2O. The van der Waals surface area contributed by atoms with Crippen LogP contribution in [0.1, 0.15) is 19.4 Å². The fraction of sp³-hybridized carbons (Fsp3) is 0.462. The summed E-state index contributed by atoms with van der Waals surface area (Å²) in [5.74, 6) is -3.06. The van der Waals surface area contributed by atoms with Crippen LogP contribution < -0.4 is 10.6 Å². The molecule has 0 saturated carbocycles. The van der Waals surface area contributed by atoms with Crippen LogP contribution in [0.15, 0.2) is 12.1 Å². The first kappa shape index (κ1) is 15.5. The molecule has 0 spiro atoms. The summed E-state index contributed by atoms with van der Waals surface area (Å²) in [6.45, 7) is 4.43. The normalized spacial score (nSPS) is 10.8. The molecule has 1 aromatic carbocycles. The number of nitrogens with one attached hydrogen (secondary N) is 2. The molecule has 0 atom stereocenters. The van der Waals surface area contributed by atoms with Gasteiger partial charge in [0.05, 0.1) is 6.54 Å². The van der Waals surface area contributed by atoms with Crippen LogP contribution in [-0.2, 0) is 11.3 Å². The lowest BCUT2D eigenvalue weighted by Gasteiger charge is -2.09. The molecule has 0 saturated heterocycles. The van der Waals surface area contributed by atoms with Crippen LogP contribution >= 0.6 is 0 Å². The number of carbonyl (C=O) groups excluding carboxylic acids is 1. The number of amides is 1. The van der Waals surface area contributed by atoms with Crippen LogP contribution in [0, 0.1) is 23.4 Å². The maximum atomic E-state index is 13.3. The van der Waals surface area contributed by atoms with Gasteiger partial charge in [-0.3, -0.25) is 4.79 Å². The van der Waals surface area contributed by atoms with Crippen molar-refractivity contribution in [3.05, 3.63) is 35.1 Å². The van der Waals surface area contributed by atoms with E-state index in [9.17, 15) is 18.0 Å². The molecule has 0 radical (unpaired) electrons. The van der Waals surface area contributed by atoms with E-state index in [1.165, 1.54) is 0 Å². The smallest absolute Gasteiger partial charge is 0.233 e. The van der Waals surface area contributed by atoms with Crippen molar-refractivity contribution in [3.8, 4) is 0 Å². The lowest BCUT2D eigenvalue weighted by Crippen LogP contribution is -2.35. The Balaban J connectivity index is 2.41. The minimum Gasteiger partial charge on any atom is -0.355 e. The number of carbonyl (C=O) groups is 1. The second kappa shape index (κ2) is 7.13. The molecule has 19 heavy (non-hydrogen) atoms. The average Bonchev–Trinajstić information content (AvgIpc) is 2.33. The lowest BCUT2D eigenvalue weighted by molar-refractivity contribution is -0.120. The van der Waals surface area contributed by atoms with Crippen molar-refractivity contribution in [2.75, 3.05) is 13.1 Å². The molecule has 0 unspecified atom stereocenters. The first-order valence-corrected chi connectivity index (χ1v) is 6.01. The zero-order chi connectivity index (χ0) is 14.4. The Morgan fingerprint density at radius 2 is 1.79 bits per heavy atom. The quantitative estimate of drug-likeness (QED) is 0.779. The maximum absolute atomic E-state index is 13.3. The molecule has 2 N–H and O–H groups in total. The molecule has 0 aliphatic rings. The number of hydrogen-bond donors (Lipinski definition) is 2. The number of hydrogen-bond acceptors (Lipinski definition) is 2. The highest BCUT2D eigenvalue weighted by Crippen LogP contribution is 2.13. The molecule has 106 valence electrons. The molecule has 0 fully saturated rings. The Hall–Kier alpha value is -1.56. The SMILES string of the molecule is CC(C)CNC(=O)CNCc1cc(F)c(F)cc1F. The molecule has 1 aromatic rings. The van der Waals surface area contributed by atoms with Crippen molar-refractivity contribution in [2.24, 2.45) is 5.92 Å². The lowest BCUT2D eigenvalue weighted by atomic mass is 10.2. The average molecular weight is 274 g/mol. The molecule has 1 rings (SSSR count). The molecule has 0 bridgehead atoms. The Kier molecular flexibility index (Phi) is 5.82. The molecule has 0 heterocycles. The first-order valence-electron chi connectivity index (χ1n) is 6.01. The van der Waals surface area contributed by atoms with E-state index in [0.717, 1.165) is 6.07 Å². The van der Waals surface area contributed by atoms with Gasteiger partial charge in [0.15, 0.2) is 11.6 Å². The summed E-state index contributed by atoms with van der Waals surface area (Å²) in [6, 6.07) is 1.27. The molecule has 6 heteroatoms. The van der Waals surface area contributed by atoms with Crippen LogP contribution in [0.25, 0.3) is 0 Å². The summed E-state index contributed by atoms with van der Waals surface area (Å²) in [5, 5.41) is 5.35. The second-order valence-corrected chi connectivity index (χ2v) is 4.66. The fourth-order valence-corrected chi connectivity index (χ4v) is 1.39. The van der Waals surface area contributed by atoms with E-state index < -0.39 is 17.5 Å². The van der Waals surface area contributed by atoms with Gasteiger partial charge in [-0.25, -0.2) is 13.2 Å². The van der Waals surface area contributed by atoms with Gasteiger partial charge in [0.2, 0.25) is 5.91 Å². The van der Waals surface area contributed by atoms with Crippen LogP contribution in [0.4, 0.5) is 13.2 Å². The van der Waals surface area contributed by atoms with Crippen LogP contribution in [0.3, 0.4) is 0 Å². The Labute approximate surface area is 110 Å². The van der Waals surface area contributed by atoms with E-state index >= 15 is 0 Å². The highest BCUT2D eigenvalue weighted by Gasteiger charge is 2.10. The fourth-order valence-electron chi connectivity index (χ4n) is 1.39. The molecular weight excluding hydrogens is 257 g/mol. The second-order valence-electron chi connectivity index (χ2n) is 4.66. The van der Waals surface area contributed by atoms with E-state index in [2.05, 4.69) is 10.6 Å². The van der Waals surface area contributed by atoms with Crippen LogP contribution in [0.5, 0.6) is 0 Å². The van der Waals surface area contributed by atoms with Gasteiger partial charge in [-0.2, -0.15) is 0 Å². The summed E-state index contributed by atoms with van der Waals surface area (Å²) in [4.78, 5) is 11.3. The third-order valence-electron chi connectivity index (χ3n) is 2.40. The van der Waals surface area contributed by atoms with E-state index in [1.54, 1.807) is 0 Å². The van der Waals surface area contributed by atoms with Crippen molar-refractivity contribution in [1.29, 1.82) is 0 Å². The first-order chi connectivity index (χ1) is 8.90. The van der Waals surface area contributed by atoms with Gasteiger partial charge in [0.25, 0.3) is 0 Å². The minimum atomic E-state index is -1.23. The largest absolute Gasteiger partial charge is 0.355 e. The summed E-state index contributed by atoms with van der Waals surface area (Å²) >= 11 is 0. The third kappa shape index (κ3) is 5.30. The zero-order valence-electron chi connectivity index (χ0n) is 10.9. The van der Waals surface area contributed by atoms with Gasteiger partial charge >= 0.3 is 0 Å². The van der Waals surface area contributed by atoms with Crippen LogP contribution in [0.2, 0.25) is 0 Å². The number of halogens is 3. The third-order valence-corrected chi connectivity index (χ3v) is 2.40. The number of rotatable bonds is 6. The molecule has 0 aromatic heterocycles. The molecule has 1 amide bonds. The standard InChI is InChI=1S/C13H17F3N2O/c1-8(2)5-18-13(19)7-17-6-9-3-11(15)12(16)4-10(9)14/h3-4,8,17H,5-7H2,1-2H3,(H,18,19). The van der Waals surface area contributed by atoms with E-state index in [-0.39, 0.29) is 24.6 Å². The Bertz CT molecular complexity index is 450. The summed E-state index contributed by atoms with van der Waals surface area (Å²) < 4.78 is 38.9. The topological polar surface area (TPSA) is 41.1 Å². The van der Waals surface area contributed by atoms with Crippen LogP contribution in [-0.4, -0.2) is 19.0 Å². The highest BCUT2D eigenvalue weighted by molar-refractivity contribution is 5.77. The predicted octanol–water partition coefficient (Wildman–Crippen LogP) is 1.97. The van der Waals surface area contributed by atoms with Gasteiger partial charge in [-0.15, -0.1) is 0 Å². The monoisotopic (exact) mass is 274 g/mol. The Morgan fingerprint density at radius 3 is 2.42 bits per heavy atom. The van der Waals surface area contributed by atoms with Gasteiger partial charge in [-0.1, -0.05) is 13.8 Å². The van der Waals surface area contributed by atoms with E-state index in [0.29, 0.717) is 18.5 Å². The number of benzene rings is 1. The predicted molar refractivity (Wildman–Crippen MR) is 65.9 cm³/mol.